The number of benzene rings is 3. The summed E-state index contributed by atoms with van der Waals surface area (Å²) in [6, 6.07) is 23.5. The molecule has 1 unspecified atom stereocenters. The van der Waals surface area contributed by atoms with E-state index in [2.05, 4.69) is 12.1 Å². The highest BCUT2D eigenvalue weighted by Gasteiger charge is 2.32. The minimum absolute atomic E-state index is 0.0279. The van der Waals surface area contributed by atoms with Crippen molar-refractivity contribution >= 4 is 23.6 Å². The Kier molecular flexibility index (Phi) is 7.98. The number of nitrogens with zero attached hydrogens (tertiary/aromatic N) is 2. The highest BCUT2D eigenvalue weighted by atomic mass is 32.2. The van der Waals surface area contributed by atoms with Crippen molar-refractivity contribution in [2.24, 2.45) is 0 Å². The Morgan fingerprint density at radius 1 is 0.971 bits per heavy atom. The number of thioether (sulfide) groups is 1. The van der Waals surface area contributed by atoms with E-state index in [4.69, 9.17) is 9.47 Å². The summed E-state index contributed by atoms with van der Waals surface area (Å²) < 4.78 is 10.7. The molecule has 6 nitrogen and oxygen atoms in total. The molecular formula is C28H30N2O4S. The zero-order valence-electron chi connectivity index (χ0n) is 20.3. The van der Waals surface area contributed by atoms with Crippen LogP contribution in [0.5, 0.6) is 11.5 Å². The predicted octanol–water partition coefficient (Wildman–Crippen LogP) is 4.79. The maximum absolute atomic E-state index is 13.0. The fourth-order valence-electron chi connectivity index (χ4n) is 4.20. The van der Waals surface area contributed by atoms with Gasteiger partial charge in [0.2, 0.25) is 5.91 Å². The summed E-state index contributed by atoms with van der Waals surface area (Å²) in [4.78, 5) is 29.2. The lowest BCUT2D eigenvalue weighted by molar-refractivity contribution is -0.128. The number of hydrogen-bond acceptors (Lipinski definition) is 5. The minimum atomic E-state index is -0.0672. The maximum atomic E-state index is 13.0. The van der Waals surface area contributed by atoms with E-state index < -0.39 is 0 Å². The second-order valence-electron chi connectivity index (χ2n) is 8.46. The highest BCUT2D eigenvalue weighted by molar-refractivity contribution is 8.00. The summed E-state index contributed by atoms with van der Waals surface area (Å²) in [6.07, 6.45) is 0.821. The van der Waals surface area contributed by atoms with Crippen LogP contribution in [0, 0.1) is 0 Å². The molecule has 0 spiro atoms. The molecule has 1 saturated heterocycles. The normalized spacial score (nSPS) is 15.2. The van der Waals surface area contributed by atoms with Gasteiger partial charge >= 0.3 is 0 Å². The molecule has 3 aromatic carbocycles. The molecule has 1 atom stereocenters. The number of ether oxygens (including phenoxy) is 2. The van der Waals surface area contributed by atoms with Gasteiger partial charge in [-0.15, -0.1) is 11.8 Å². The number of carbonyl (C=O) groups excluding carboxylic acids is 2. The van der Waals surface area contributed by atoms with Crippen molar-refractivity contribution in [3.05, 3.63) is 95.1 Å². The van der Waals surface area contributed by atoms with Crippen LogP contribution in [-0.4, -0.2) is 55.2 Å². The third-order valence-electron chi connectivity index (χ3n) is 6.11. The molecule has 1 fully saturated rings. The molecule has 35 heavy (non-hydrogen) atoms. The van der Waals surface area contributed by atoms with Crippen molar-refractivity contribution in [2.45, 2.75) is 18.3 Å². The van der Waals surface area contributed by atoms with Crippen LogP contribution in [0.4, 0.5) is 0 Å². The van der Waals surface area contributed by atoms with Crippen LogP contribution in [-0.2, 0) is 17.8 Å². The summed E-state index contributed by atoms with van der Waals surface area (Å²) in [5.41, 5.74) is 3.81. The topological polar surface area (TPSA) is 59.1 Å². The average Bonchev–Trinajstić information content (AvgIpc) is 3.27. The van der Waals surface area contributed by atoms with Crippen LogP contribution >= 0.6 is 11.8 Å². The molecule has 0 bridgehead atoms. The van der Waals surface area contributed by atoms with Gasteiger partial charge in [0, 0.05) is 25.7 Å². The van der Waals surface area contributed by atoms with Gasteiger partial charge in [0.25, 0.3) is 5.91 Å². The first-order valence-corrected chi connectivity index (χ1v) is 12.6. The van der Waals surface area contributed by atoms with Crippen LogP contribution < -0.4 is 9.47 Å². The second kappa shape index (κ2) is 11.3. The number of hydrogen-bond donors (Lipinski definition) is 0. The largest absolute Gasteiger partial charge is 0.493 e. The smallest absolute Gasteiger partial charge is 0.253 e. The van der Waals surface area contributed by atoms with Crippen molar-refractivity contribution in [1.82, 2.24) is 9.80 Å². The van der Waals surface area contributed by atoms with Crippen molar-refractivity contribution in [1.29, 1.82) is 0 Å². The lowest BCUT2D eigenvalue weighted by Gasteiger charge is -2.24. The van der Waals surface area contributed by atoms with Gasteiger partial charge < -0.3 is 19.3 Å². The van der Waals surface area contributed by atoms with Crippen molar-refractivity contribution in [3.8, 4) is 11.5 Å². The van der Waals surface area contributed by atoms with Gasteiger partial charge in [-0.3, -0.25) is 9.59 Å². The Bertz CT molecular complexity index is 1170. The Balaban J connectivity index is 1.41. The van der Waals surface area contributed by atoms with Gasteiger partial charge in [0.1, 0.15) is 5.37 Å². The van der Waals surface area contributed by atoms with Gasteiger partial charge in [0.15, 0.2) is 11.5 Å². The number of carbonyl (C=O) groups is 2. The van der Waals surface area contributed by atoms with Crippen LogP contribution in [0.25, 0.3) is 0 Å². The van der Waals surface area contributed by atoms with E-state index in [1.165, 1.54) is 5.56 Å². The minimum Gasteiger partial charge on any atom is -0.493 e. The van der Waals surface area contributed by atoms with E-state index in [-0.39, 0.29) is 17.2 Å². The zero-order chi connectivity index (χ0) is 24.8. The first-order valence-electron chi connectivity index (χ1n) is 11.5. The van der Waals surface area contributed by atoms with E-state index in [1.54, 1.807) is 37.9 Å². The van der Waals surface area contributed by atoms with Gasteiger partial charge in [-0.2, -0.15) is 0 Å². The lowest BCUT2D eigenvalue weighted by atomic mass is 10.1. The van der Waals surface area contributed by atoms with Crippen molar-refractivity contribution in [2.75, 3.05) is 33.6 Å². The summed E-state index contributed by atoms with van der Waals surface area (Å²) in [5.74, 6) is 1.86. The highest BCUT2D eigenvalue weighted by Crippen LogP contribution is 2.38. The molecule has 0 aliphatic carbocycles. The molecule has 0 saturated carbocycles. The summed E-state index contributed by atoms with van der Waals surface area (Å²) in [5, 5.41) is -0.0279. The Hall–Kier alpha value is -3.45. The molecule has 1 aliphatic heterocycles. The summed E-state index contributed by atoms with van der Waals surface area (Å²) in [7, 11) is 4.97. The van der Waals surface area contributed by atoms with Crippen LogP contribution in [0.3, 0.4) is 0 Å². The number of amides is 2. The standard InChI is InChI=1S/C28H30N2O4S/c1-29(18-21-9-14-24(33-2)25(17-21)34-3)27(32)22-10-12-23(13-11-22)28-30(26(31)19-35-28)16-15-20-7-5-4-6-8-20/h4-14,17,28H,15-16,18-19H2,1-3H3. The van der Waals surface area contributed by atoms with Crippen LogP contribution in [0.2, 0.25) is 0 Å². The third kappa shape index (κ3) is 5.80. The van der Waals surface area contributed by atoms with Gasteiger partial charge in [-0.25, -0.2) is 0 Å². The molecule has 182 valence electrons. The first-order chi connectivity index (χ1) is 17.0. The average molecular weight is 491 g/mol. The first kappa shape index (κ1) is 24.7. The Morgan fingerprint density at radius 3 is 2.37 bits per heavy atom. The molecule has 2 amide bonds. The van der Waals surface area contributed by atoms with Crippen molar-refractivity contribution < 1.29 is 19.1 Å². The fraction of sp³-hybridized carbons (Fsp3) is 0.286. The molecule has 0 N–H and O–H groups in total. The van der Waals surface area contributed by atoms with Crippen LogP contribution in [0.1, 0.15) is 32.4 Å². The van der Waals surface area contributed by atoms with Gasteiger partial charge in [-0.1, -0.05) is 48.5 Å². The van der Waals surface area contributed by atoms with E-state index in [0.29, 0.717) is 35.9 Å². The molecule has 7 heteroatoms. The van der Waals surface area contributed by atoms with Gasteiger partial charge in [-0.05, 0) is 47.4 Å². The lowest BCUT2D eigenvalue weighted by Crippen LogP contribution is -2.30. The molecule has 0 radical (unpaired) electrons. The van der Waals surface area contributed by atoms with E-state index >= 15 is 0 Å². The number of rotatable bonds is 9. The SMILES string of the molecule is COc1ccc(CN(C)C(=O)c2ccc(C3SCC(=O)N3CCc3ccccc3)cc2)cc1OC. The van der Waals surface area contributed by atoms with Gasteiger partial charge in [0.05, 0.1) is 20.0 Å². The fourth-order valence-corrected chi connectivity index (χ4v) is 5.42. The second-order valence-corrected chi connectivity index (χ2v) is 9.53. The number of methoxy groups -OCH3 is 2. The van der Waals surface area contributed by atoms with E-state index in [0.717, 1.165) is 17.5 Å². The molecule has 1 aliphatic rings. The molecular weight excluding hydrogens is 460 g/mol. The van der Waals surface area contributed by atoms with E-state index in [1.807, 2.05) is 65.6 Å². The molecule has 0 aromatic heterocycles. The quantitative estimate of drug-likeness (QED) is 0.432. The van der Waals surface area contributed by atoms with E-state index in [9.17, 15) is 9.59 Å². The molecule has 3 aromatic rings. The zero-order valence-corrected chi connectivity index (χ0v) is 21.1. The van der Waals surface area contributed by atoms with Crippen LogP contribution in [0.15, 0.2) is 72.8 Å². The summed E-state index contributed by atoms with van der Waals surface area (Å²) >= 11 is 1.63. The summed E-state index contributed by atoms with van der Waals surface area (Å²) in [6.45, 7) is 1.12. The molecule has 4 rings (SSSR count). The molecule has 1 heterocycles. The third-order valence-corrected chi connectivity index (χ3v) is 7.37. The monoisotopic (exact) mass is 490 g/mol. The Labute approximate surface area is 210 Å². The predicted molar refractivity (Wildman–Crippen MR) is 139 cm³/mol. The Morgan fingerprint density at radius 2 is 1.69 bits per heavy atom. The maximum Gasteiger partial charge on any atom is 0.253 e. The van der Waals surface area contributed by atoms with Crippen molar-refractivity contribution in [3.63, 3.8) is 0 Å².